The van der Waals surface area contributed by atoms with Crippen LogP contribution in [0.1, 0.15) is 11.1 Å². The molecule has 0 radical (unpaired) electrons. The van der Waals surface area contributed by atoms with E-state index >= 15 is 0 Å². The van der Waals surface area contributed by atoms with E-state index in [1.807, 2.05) is 91.0 Å². The molecule has 37 heavy (non-hydrogen) atoms. The molecule has 7 atom stereocenters. The Morgan fingerprint density at radius 1 is 0.784 bits per heavy atom. The lowest BCUT2D eigenvalue weighted by molar-refractivity contribution is -0.363. The second-order valence-corrected chi connectivity index (χ2v) is 10.5. The van der Waals surface area contributed by atoms with Crippen molar-refractivity contribution >= 4 is 10.8 Å². The molecular weight excluding hydrogens is 492 g/mol. The highest BCUT2D eigenvalue weighted by atomic mass is 32.2. The molecule has 3 aromatic rings. The summed E-state index contributed by atoms with van der Waals surface area (Å²) >= 11 is 0. The van der Waals surface area contributed by atoms with Gasteiger partial charge in [-0.15, -0.1) is 0 Å². The van der Waals surface area contributed by atoms with E-state index in [4.69, 9.17) is 28.4 Å². The molecule has 2 saturated heterocycles. The molecule has 0 bridgehead atoms. The van der Waals surface area contributed by atoms with E-state index in [0.29, 0.717) is 13.2 Å². The van der Waals surface area contributed by atoms with E-state index in [-0.39, 0.29) is 12.4 Å². The van der Waals surface area contributed by atoms with E-state index in [0.717, 1.165) is 16.0 Å². The molecule has 0 amide bonds. The van der Waals surface area contributed by atoms with Crippen molar-refractivity contribution < 1.29 is 32.6 Å². The number of methoxy groups -OCH3 is 1. The maximum Gasteiger partial charge on any atom is 0.186 e. The summed E-state index contributed by atoms with van der Waals surface area (Å²) in [6, 6.07) is 29.2. The quantitative estimate of drug-likeness (QED) is 0.396. The normalized spacial score (nSPS) is 28.4. The number of benzene rings is 3. The molecule has 0 saturated carbocycles. The van der Waals surface area contributed by atoms with Crippen molar-refractivity contribution in [3.63, 3.8) is 0 Å². The standard InChI is InChI=1S/C29H32O7S/c1-31-29-28(34-18-22-13-7-3-8-14-22)27(33-17-21-11-5-2-6-12-21)26-24(35-29)19-32-25(36-26)20-37(30)23-15-9-4-10-16-23/h2-16,24-29H,17-20H2,1H3/t24-,25?,26-,27+,28+,29+,37?/m1/s1. The molecule has 8 heteroatoms. The van der Waals surface area contributed by atoms with Gasteiger partial charge in [0.2, 0.25) is 0 Å². The van der Waals surface area contributed by atoms with Crippen molar-refractivity contribution in [2.45, 2.75) is 55.1 Å². The van der Waals surface area contributed by atoms with E-state index < -0.39 is 47.8 Å². The largest absolute Gasteiger partial charge is 0.368 e. The number of ether oxygens (including phenoxy) is 6. The predicted octanol–water partition coefficient (Wildman–Crippen LogP) is 4.08. The van der Waals surface area contributed by atoms with Gasteiger partial charge in [-0.05, 0) is 23.3 Å². The van der Waals surface area contributed by atoms with Crippen LogP contribution in [-0.2, 0) is 52.4 Å². The third-order valence-electron chi connectivity index (χ3n) is 6.44. The Morgan fingerprint density at radius 3 is 1.95 bits per heavy atom. The smallest absolute Gasteiger partial charge is 0.186 e. The van der Waals surface area contributed by atoms with Crippen LogP contribution in [0.2, 0.25) is 0 Å². The average Bonchev–Trinajstić information content (AvgIpc) is 2.96. The Bertz CT molecular complexity index is 1110. The fraction of sp³-hybridized carbons (Fsp3) is 0.379. The van der Waals surface area contributed by atoms with E-state index in [1.165, 1.54) is 0 Å². The lowest BCUT2D eigenvalue weighted by Gasteiger charge is -2.48. The van der Waals surface area contributed by atoms with Gasteiger partial charge < -0.3 is 28.4 Å². The summed E-state index contributed by atoms with van der Waals surface area (Å²) in [6.45, 7) is 1.02. The molecule has 2 aliphatic heterocycles. The van der Waals surface area contributed by atoms with E-state index in [9.17, 15) is 4.21 Å². The molecule has 0 N–H and O–H groups in total. The highest BCUT2D eigenvalue weighted by Crippen LogP contribution is 2.33. The van der Waals surface area contributed by atoms with Crippen molar-refractivity contribution in [1.82, 2.24) is 0 Å². The number of hydrogen-bond donors (Lipinski definition) is 0. The third kappa shape index (κ3) is 6.72. The van der Waals surface area contributed by atoms with Gasteiger partial charge in [0.05, 0.1) is 36.4 Å². The van der Waals surface area contributed by atoms with Crippen molar-refractivity contribution in [3.05, 3.63) is 102 Å². The van der Waals surface area contributed by atoms with Crippen LogP contribution in [0.5, 0.6) is 0 Å². The van der Waals surface area contributed by atoms with Gasteiger partial charge in [-0.2, -0.15) is 0 Å². The fourth-order valence-corrected chi connectivity index (χ4v) is 5.64. The Balaban J connectivity index is 1.34. The topological polar surface area (TPSA) is 72.5 Å². The van der Waals surface area contributed by atoms with Crippen molar-refractivity contribution in [2.75, 3.05) is 19.5 Å². The lowest BCUT2D eigenvalue weighted by Crippen LogP contribution is -2.64. The fourth-order valence-electron chi connectivity index (χ4n) is 4.56. The molecule has 2 fully saturated rings. The summed E-state index contributed by atoms with van der Waals surface area (Å²) in [7, 11) is 0.321. The highest BCUT2D eigenvalue weighted by molar-refractivity contribution is 7.85. The van der Waals surface area contributed by atoms with E-state index in [2.05, 4.69) is 0 Å². The molecule has 3 aromatic carbocycles. The van der Waals surface area contributed by atoms with Crippen LogP contribution >= 0.6 is 0 Å². The Labute approximate surface area is 220 Å². The summed E-state index contributed by atoms with van der Waals surface area (Å²) in [4.78, 5) is 0.733. The number of rotatable bonds is 10. The highest BCUT2D eigenvalue weighted by Gasteiger charge is 2.51. The van der Waals surface area contributed by atoms with Crippen LogP contribution in [0.4, 0.5) is 0 Å². The van der Waals surface area contributed by atoms with Crippen LogP contribution < -0.4 is 0 Å². The SMILES string of the molecule is CO[C@H]1O[C@@H]2COC(CS(=O)c3ccccc3)O[C@H]2[C@H](OCc2ccccc2)[C@@H]1OCc1ccccc1. The van der Waals surface area contributed by atoms with Gasteiger partial charge in [0.25, 0.3) is 0 Å². The maximum absolute atomic E-state index is 12.9. The first-order valence-electron chi connectivity index (χ1n) is 12.4. The number of fused-ring (bicyclic) bond motifs is 1. The molecule has 0 spiro atoms. The van der Waals surface area contributed by atoms with E-state index in [1.54, 1.807) is 7.11 Å². The van der Waals surface area contributed by atoms with Gasteiger partial charge >= 0.3 is 0 Å². The molecule has 2 aliphatic rings. The van der Waals surface area contributed by atoms with Crippen LogP contribution in [0.15, 0.2) is 95.9 Å². The van der Waals surface area contributed by atoms with Crippen molar-refractivity contribution in [3.8, 4) is 0 Å². The Hall–Kier alpha value is -2.43. The zero-order valence-corrected chi connectivity index (χ0v) is 21.5. The number of hydrogen-bond acceptors (Lipinski definition) is 7. The second-order valence-electron chi connectivity index (χ2n) is 8.99. The molecular formula is C29H32O7S. The molecule has 7 nitrogen and oxygen atoms in total. The van der Waals surface area contributed by atoms with Gasteiger partial charge in [-0.3, -0.25) is 4.21 Å². The van der Waals surface area contributed by atoms with Crippen LogP contribution in [0.3, 0.4) is 0 Å². The zero-order chi connectivity index (χ0) is 25.5. The van der Waals surface area contributed by atoms with Crippen molar-refractivity contribution in [2.24, 2.45) is 0 Å². The molecule has 0 aliphatic carbocycles. The first-order valence-corrected chi connectivity index (χ1v) is 13.7. The molecule has 0 aromatic heterocycles. The second kappa shape index (κ2) is 12.9. The molecule has 5 rings (SSSR count). The summed E-state index contributed by atoms with van der Waals surface area (Å²) in [5, 5.41) is 0. The van der Waals surface area contributed by atoms with Crippen LogP contribution in [0, 0.1) is 0 Å². The molecule has 2 unspecified atom stereocenters. The van der Waals surface area contributed by atoms with Crippen LogP contribution in [0.25, 0.3) is 0 Å². The summed E-state index contributed by atoms with van der Waals surface area (Å²) < 4.78 is 49.9. The van der Waals surface area contributed by atoms with Crippen LogP contribution in [-0.4, -0.2) is 60.7 Å². The van der Waals surface area contributed by atoms with Crippen molar-refractivity contribution in [1.29, 1.82) is 0 Å². The average molecular weight is 525 g/mol. The van der Waals surface area contributed by atoms with Gasteiger partial charge in [0.15, 0.2) is 12.6 Å². The van der Waals surface area contributed by atoms with Gasteiger partial charge in [-0.25, -0.2) is 0 Å². The Morgan fingerprint density at radius 2 is 1.35 bits per heavy atom. The molecule has 196 valence electrons. The molecule has 2 heterocycles. The zero-order valence-electron chi connectivity index (χ0n) is 20.7. The van der Waals surface area contributed by atoms with Gasteiger partial charge in [-0.1, -0.05) is 78.9 Å². The summed E-state index contributed by atoms with van der Waals surface area (Å²) in [5.41, 5.74) is 2.07. The van der Waals surface area contributed by atoms with Gasteiger partial charge in [0, 0.05) is 12.0 Å². The van der Waals surface area contributed by atoms with Gasteiger partial charge in [0.1, 0.15) is 24.4 Å². The maximum atomic E-state index is 12.9. The minimum Gasteiger partial charge on any atom is -0.368 e. The first kappa shape index (κ1) is 26.2. The third-order valence-corrected chi connectivity index (χ3v) is 7.82. The summed E-state index contributed by atoms with van der Waals surface area (Å²) in [5.74, 6) is 0.210. The first-order chi connectivity index (χ1) is 18.2. The minimum absolute atomic E-state index is 0.210. The monoisotopic (exact) mass is 524 g/mol. The summed E-state index contributed by atoms with van der Waals surface area (Å²) in [6.07, 6.45) is -3.26. The predicted molar refractivity (Wildman–Crippen MR) is 138 cm³/mol. The lowest BCUT2D eigenvalue weighted by atomic mass is 9.97. The minimum atomic E-state index is -1.27. The Kier molecular flexibility index (Phi) is 9.12.